The van der Waals surface area contributed by atoms with Crippen LogP contribution in [0.15, 0.2) is 96.1 Å². The van der Waals surface area contributed by atoms with Gasteiger partial charge in [0.2, 0.25) is 29.5 Å². The van der Waals surface area contributed by atoms with E-state index >= 15 is 0 Å². The number of primary amides is 1. The second-order valence-corrected chi connectivity index (χ2v) is 12.2. The van der Waals surface area contributed by atoms with Gasteiger partial charge in [0.25, 0.3) is 0 Å². The molecule has 4 aromatic rings. The van der Waals surface area contributed by atoms with E-state index in [1.165, 1.54) is 11.8 Å². The molecule has 0 saturated heterocycles. The van der Waals surface area contributed by atoms with Crippen molar-refractivity contribution in [2.45, 2.75) is 57.3 Å². The third-order valence-corrected chi connectivity index (χ3v) is 8.27. The molecular weight excluding hydrogens is 650 g/mol. The first-order chi connectivity index (χ1) is 24.5. The molecule has 0 spiro atoms. The molecule has 0 aliphatic heterocycles. The van der Waals surface area contributed by atoms with Crippen LogP contribution in [0.25, 0.3) is 10.9 Å². The van der Waals surface area contributed by atoms with Crippen molar-refractivity contribution < 1.29 is 24.0 Å². The van der Waals surface area contributed by atoms with Gasteiger partial charge in [-0.25, -0.2) is 0 Å². The lowest BCUT2D eigenvalue weighted by Gasteiger charge is -2.26. The van der Waals surface area contributed by atoms with Crippen LogP contribution in [0.1, 0.15) is 36.5 Å². The maximum Gasteiger partial charge on any atom is 0.243 e. The Balaban J connectivity index is 1.52. The number of nitrogens with zero attached hydrogens (tertiary/aromatic N) is 2. The maximum atomic E-state index is 13.9. The summed E-state index contributed by atoms with van der Waals surface area (Å²) < 4.78 is 0. The van der Waals surface area contributed by atoms with Crippen LogP contribution in [-0.2, 0) is 43.4 Å². The molecule has 1 aromatic heterocycles. The summed E-state index contributed by atoms with van der Waals surface area (Å²) in [7, 11) is 0. The molecule has 0 fully saturated rings. The highest BCUT2D eigenvalue weighted by Gasteiger charge is 2.30. The number of fused-ring (bicyclic) bond motifs is 1. The maximum absolute atomic E-state index is 13.9. The number of aromatic amines is 1. The van der Waals surface area contributed by atoms with Crippen molar-refractivity contribution in [1.29, 1.82) is 0 Å². The zero-order valence-electron chi connectivity index (χ0n) is 28.5. The van der Waals surface area contributed by atoms with Gasteiger partial charge in [0.15, 0.2) is 5.96 Å². The van der Waals surface area contributed by atoms with Crippen molar-refractivity contribution in [2.75, 3.05) is 13.1 Å². The van der Waals surface area contributed by atoms with Gasteiger partial charge in [0, 0.05) is 50.0 Å². The zero-order chi connectivity index (χ0) is 36.8. The van der Waals surface area contributed by atoms with Crippen molar-refractivity contribution in [1.82, 2.24) is 25.8 Å². The van der Waals surface area contributed by atoms with Gasteiger partial charge >= 0.3 is 0 Å². The van der Waals surface area contributed by atoms with Crippen LogP contribution in [0.3, 0.4) is 0 Å². The molecule has 51 heavy (non-hydrogen) atoms. The first-order valence-corrected chi connectivity index (χ1v) is 16.6. The monoisotopic (exact) mass is 695 g/mol. The molecule has 0 aliphatic rings. The van der Waals surface area contributed by atoms with Gasteiger partial charge in [-0.15, -0.1) is 0 Å². The Labute approximate surface area is 296 Å². The Bertz CT molecular complexity index is 1820. The molecule has 0 bridgehead atoms. The van der Waals surface area contributed by atoms with E-state index in [0.717, 1.165) is 27.6 Å². The number of H-pyrrole nitrogens is 1. The van der Waals surface area contributed by atoms with E-state index in [-0.39, 0.29) is 50.8 Å². The van der Waals surface area contributed by atoms with Gasteiger partial charge < -0.3 is 43.0 Å². The minimum atomic E-state index is -1.14. The Morgan fingerprint density at radius 3 is 2.00 bits per heavy atom. The molecule has 0 unspecified atom stereocenters. The Hall–Kier alpha value is -6.18. The number of hydrogen-bond acceptors (Lipinski definition) is 6. The summed E-state index contributed by atoms with van der Waals surface area (Å²) in [5.41, 5.74) is 19.9. The first kappa shape index (κ1) is 37.6. The van der Waals surface area contributed by atoms with Crippen molar-refractivity contribution in [3.8, 4) is 0 Å². The van der Waals surface area contributed by atoms with Crippen molar-refractivity contribution in [2.24, 2.45) is 22.2 Å². The van der Waals surface area contributed by atoms with E-state index in [1.54, 1.807) is 18.3 Å². The number of hydrogen-bond donors (Lipinski definition) is 7. The molecule has 1 heterocycles. The molecule has 0 aliphatic carbocycles. The van der Waals surface area contributed by atoms with Crippen molar-refractivity contribution in [3.63, 3.8) is 0 Å². The number of nitrogens with one attached hydrogen (secondary N) is 4. The number of benzene rings is 3. The highest BCUT2D eigenvalue weighted by molar-refractivity contribution is 5.95. The molecule has 14 nitrogen and oxygen atoms in total. The minimum absolute atomic E-state index is 0.101. The van der Waals surface area contributed by atoms with E-state index in [9.17, 15) is 24.0 Å². The summed E-state index contributed by atoms with van der Waals surface area (Å²) in [6, 6.07) is 22.5. The lowest BCUT2D eigenvalue weighted by atomic mass is 10.0. The number of guanidine groups is 1. The summed E-state index contributed by atoms with van der Waals surface area (Å²) in [6.07, 6.45) is 2.38. The number of aliphatic imine (C=N–C) groups is 1. The largest absolute Gasteiger partial charge is 0.370 e. The van der Waals surface area contributed by atoms with Crippen LogP contribution < -0.4 is 33.2 Å². The van der Waals surface area contributed by atoms with E-state index in [1.807, 2.05) is 72.8 Å². The van der Waals surface area contributed by atoms with Gasteiger partial charge in [-0.2, -0.15) is 0 Å². The summed E-state index contributed by atoms with van der Waals surface area (Å²) >= 11 is 0. The molecule has 4 rings (SSSR count). The molecule has 3 aromatic carbocycles. The van der Waals surface area contributed by atoms with Gasteiger partial charge in [0.1, 0.15) is 18.1 Å². The Morgan fingerprint density at radius 2 is 1.35 bits per heavy atom. The van der Waals surface area contributed by atoms with Gasteiger partial charge in [-0.1, -0.05) is 78.9 Å². The van der Waals surface area contributed by atoms with Crippen LogP contribution in [0, 0.1) is 0 Å². The van der Waals surface area contributed by atoms with Gasteiger partial charge in [0.05, 0.1) is 6.54 Å². The summed E-state index contributed by atoms with van der Waals surface area (Å²) in [4.78, 5) is 74.5. The SMILES string of the molecule is CC(=O)N(CC(=O)N[C@@H](Cc1ccccc1)C(=O)N[C@@H](CCCN=C(N)N)C(=O)N[C@@H](Cc1c[nH]c2ccccc12)C(N)=O)Cc1ccccc1. The van der Waals surface area contributed by atoms with Crippen LogP contribution >= 0.6 is 0 Å². The summed E-state index contributed by atoms with van der Waals surface area (Å²) in [5, 5.41) is 9.11. The molecule has 0 radical (unpaired) electrons. The Kier molecular flexibility index (Phi) is 13.7. The van der Waals surface area contributed by atoms with Crippen LogP contribution in [0.4, 0.5) is 0 Å². The fourth-order valence-electron chi connectivity index (χ4n) is 5.61. The van der Waals surface area contributed by atoms with E-state index < -0.39 is 41.8 Å². The number of aromatic nitrogens is 1. The lowest BCUT2D eigenvalue weighted by molar-refractivity contribution is -0.136. The van der Waals surface area contributed by atoms with Crippen molar-refractivity contribution in [3.05, 3.63) is 108 Å². The third-order valence-electron chi connectivity index (χ3n) is 8.27. The fourth-order valence-corrected chi connectivity index (χ4v) is 5.61. The predicted molar refractivity (Wildman–Crippen MR) is 195 cm³/mol. The minimum Gasteiger partial charge on any atom is -0.370 e. The van der Waals surface area contributed by atoms with Gasteiger partial charge in [-0.05, 0) is 35.6 Å². The van der Waals surface area contributed by atoms with Gasteiger partial charge in [-0.3, -0.25) is 29.0 Å². The zero-order valence-corrected chi connectivity index (χ0v) is 28.5. The number of carbonyl (C=O) groups excluding carboxylic acids is 5. The molecule has 14 heteroatoms. The average Bonchev–Trinajstić information content (AvgIpc) is 3.51. The third kappa shape index (κ3) is 11.7. The number of carbonyl (C=O) groups is 5. The number of para-hydroxylation sites is 1. The highest BCUT2D eigenvalue weighted by Crippen LogP contribution is 2.19. The average molecular weight is 696 g/mol. The van der Waals surface area contributed by atoms with Crippen LogP contribution in [-0.4, -0.2) is 76.6 Å². The first-order valence-electron chi connectivity index (χ1n) is 16.6. The molecule has 10 N–H and O–H groups in total. The molecule has 0 saturated carbocycles. The lowest BCUT2D eigenvalue weighted by Crippen LogP contribution is -2.57. The normalized spacial score (nSPS) is 12.6. The second-order valence-electron chi connectivity index (χ2n) is 12.2. The fraction of sp³-hybridized carbons (Fsp3) is 0.297. The van der Waals surface area contributed by atoms with E-state index in [4.69, 9.17) is 17.2 Å². The molecule has 3 atom stereocenters. The number of rotatable bonds is 18. The molecular formula is C37H45N9O5. The van der Waals surface area contributed by atoms with Crippen LogP contribution in [0.2, 0.25) is 0 Å². The molecule has 268 valence electrons. The van der Waals surface area contributed by atoms with Crippen molar-refractivity contribution >= 4 is 46.4 Å². The Morgan fingerprint density at radius 1 is 0.745 bits per heavy atom. The summed E-state index contributed by atoms with van der Waals surface area (Å²) in [5.74, 6) is -3.03. The quantitative estimate of drug-likeness (QED) is 0.0453. The van der Waals surface area contributed by atoms with E-state index in [2.05, 4.69) is 25.9 Å². The highest BCUT2D eigenvalue weighted by atomic mass is 16.2. The van der Waals surface area contributed by atoms with Crippen LogP contribution in [0.5, 0.6) is 0 Å². The topological polar surface area (TPSA) is 231 Å². The predicted octanol–water partition coefficient (Wildman–Crippen LogP) is 0.995. The summed E-state index contributed by atoms with van der Waals surface area (Å²) in [6.45, 7) is 1.47. The molecule has 5 amide bonds. The number of nitrogens with two attached hydrogens (primary N) is 3. The second kappa shape index (κ2) is 18.5. The standard InChI is InChI=1S/C37H45N9O5/c1-24(47)46(22-26-13-6-3-7-14-26)23-33(48)43-32(19-25-11-4-2-5-12-25)36(51)44-30(17-10-18-41-37(39)40)35(50)45-31(34(38)49)20-27-21-42-29-16-9-8-15-28(27)29/h2-9,11-16,21,30-32,42H,10,17-20,22-23H2,1H3,(H2,38,49)(H,43,48)(H,44,51)(H,45,50)(H4,39,40,41)/t30-,31-,32-/m0/s1. The van der Waals surface area contributed by atoms with E-state index in [0.29, 0.717) is 6.42 Å². The number of amides is 5. The smallest absolute Gasteiger partial charge is 0.243 e.